The highest BCUT2D eigenvalue weighted by Gasteiger charge is 2.24. The maximum atomic E-state index is 10.6. The second-order valence-electron chi connectivity index (χ2n) is 4.37. The van der Waals surface area contributed by atoms with E-state index in [0.29, 0.717) is 5.56 Å². The van der Waals surface area contributed by atoms with Crippen molar-refractivity contribution in [3.05, 3.63) is 27.8 Å². The van der Waals surface area contributed by atoms with Crippen LogP contribution in [0.2, 0.25) is 0 Å². The van der Waals surface area contributed by atoms with Gasteiger partial charge in [0.15, 0.2) is 11.5 Å². The van der Waals surface area contributed by atoms with E-state index in [1.807, 2.05) is 0 Å². The van der Waals surface area contributed by atoms with Gasteiger partial charge in [-0.15, -0.1) is 0 Å². The number of hydrogen-bond acceptors (Lipinski definition) is 4. The summed E-state index contributed by atoms with van der Waals surface area (Å²) in [6.07, 6.45) is 0. The Kier molecular flexibility index (Phi) is 2.57. The van der Waals surface area contributed by atoms with E-state index in [2.05, 4.69) is 0 Å². The Morgan fingerprint density at radius 1 is 1.27 bits per heavy atom. The molecule has 0 heterocycles. The molecule has 1 rings (SSSR count). The van der Waals surface area contributed by atoms with Gasteiger partial charge in [-0.05, 0) is 5.41 Å². The Morgan fingerprint density at radius 2 is 1.80 bits per heavy atom. The van der Waals surface area contributed by atoms with Crippen LogP contribution in [0.3, 0.4) is 0 Å². The number of nitro groups is 1. The van der Waals surface area contributed by atoms with Crippen LogP contribution < -0.4 is 0 Å². The third kappa shape index (κ3) is 2.18. The smallest absolute Gasteiger partial charge is 0.273 e. The van der Waals surface area contributed by atoms with Crippen molar-refractivity contribution in [2.75, 3.05) is 0 Å². The average molecular weight is 211 g/mol. The molecule has 5 heteroatoms. The third-order valence-corrected chi connectivity index (χ3v) is 2.09. The summed E-state index contributed by atoms with van der Waals surface area (Å²) in [6.45, 7) is 5.39. The van der Waals surface area contributed by atoms with Gasteiger partial charge in [0.1, 0.15) is 0 Å². The molecule has 0 saturated heterocycles. The zero-order valence-electron chi connectivity index (χ0n) is 8.81. The maximum Gasteiger partial charge on any atom is 0.273 e. The summed E-state index contributed by atoms with van der Waals surface area (Å²) in [4.78, 5) is 9.95. The first kappa shape index (κ1) is 11.3. The first-order valence-corrected chi connectivity index (χ1v) is 4.44. The van der Waals surface area contributed by atoms with Crippen molar-refractivity contribution in [2.24, 2.45) is 0 Å². The van der Waals surface area contributed by atoms with Gasteiger partial charge in [-0.1, -0.05) is 20.8 Å². The van der Waals surface area contributed by atoms with E-state index in [1.165, 1.54) is 6.07 Å². The van der Waals surface area contributed by atoms with Gasteiger partial charge < -0.3 is 10.2 Å². The van der Waals surface area contributed by atoms with Gasteiger partial charge in [-0.3, -0.25) is 10.1 Å². The molecule has 0 aliphatic heterocycles. The molecule has 0 aromatic heterocycles. The van der Waals surface area contributed by atoms with Gasteiger partial charge >= 0.3 is 0 Å². The molecular formula is C10H13NO4. The molecule has 82 valence electrons. The zero-order valence-corrected chi connectivity index (χ0v) is 8.81. The SMILES string of the molecule is CC(C)(C)c1cc([N+](=O)[O-])cc(O)c1O. The second kappa shape index (κ2) is 3.42. The maximum absolute atomic E-state index is 10.6. The Hall–Kier alpha value is -1.78. The van der Waals surface area contributed by atoms with Crippen molar-refractivity contribution in [3.8, 4) is 11.5 Å². The standard InChI is InChI=1S/C10H13NO4/c1-10(2,3)7-4-6(11(14)15)5-8(12)9(7)13/h4-5,12-13H,1-3H3. The number of nitrogens with zero attached hydrogens (tertiary/aromatic N) is 1. The molecule has 0 aliphatic rings. The van der Waals surface area contributed by atoms with Gasteiger partial charge in [0.05, 0.1) is 11.0 Å². The molecule has 0 bridgehead atoms. The topological polar surface area (TPSA) is 83.6 Å². The summed E-state index contributed by atoms with van der Waals surface area (Å²) in [5.41, 5.74) is -0.336. The lowest BCUT2D eigenvalue weighted by Gasteiger charge is -2.20. The summed E-state index contributed by atoms with van der Waals surface area (Å²) >= 11 is 0. The lowest BCUT2D eigenvalue weighted by Crippen LogP contribution is -2.11. The van der Waals surface area contributed by atoms with Crippen LogP contribution in [0.4, 0.5) is 5.69 Å². The van der Waals surface area contributed by atoms with Crippen LogP contribution in [0.15, 0.2) is 12.1 Å². The number of phenolic OH excluding ortho intramolecular Hbond substituents is 2. The molecule has 0 atom stereocenters. The summed E-state index contributed by atoms with van der Waals surface area (Å²) in [7, 11) is 0. The second-order valence-corrected chi connectivity index (χ2v) is 4.37. The fourth-order valence-corrected chi connectivity index (χ4v) is 1.28. The van der Waals surface area contributed by atoms with Crippen LogP contribution >= 0.6 is 0 Å². The highest BCUT2D eigenvalue weighted by molar-refractivity contribution is 5.54. The van der Waals surface area contributed by atoms with Crippen molar-refractivity contribution < 1.29 is 15.1 Å². The molecule has 0 aliphatic carbocycles. The van der Waals surface area contributed by atoms with Crippen molar-refractivity contribution in [2.45, 2.75) is 26.2 Å². The van der Waals surface area contributed by atoms with Crippen molar-refractivity contribution in [1.29, 1.82) is 0 Å². The summed E-state index contributed by atoms with van der Waals surface area (Å²) < 4.78 is 0. The van der Waals surface area contributed by atoms with Crippen LogP contribution in [0.1, 0.15) is 26.3 Å². The number of benzene rings is 1. The number of hydrogen-bond donors (Lipinski definition) is 2. The lowest BCUT2D eigenvalue weighted by molar-refractivity contribution is -0.385. The van der Waals surface area contributed by atoms with Crippen LogP contribution in [-0.2, 0) is 5.41 Å². The van der Waals surface area contributed by atoms with Crippen LogP contribution in [-0.4, -0.2) is 15.1 Å². The van der Waals surface area contributed by atoms with E-state index < -0.39 is 16.1 Å². The van der Waals surface area contributed by atoms with E-state index in [1.54, 1.807) is 20.8 Å². The molecule has 0 unspecified atom stereocenters. The van der Waals surface area contributed by atoms with Crippen molar-refractivity contribution >= 4 is 5.69 Å². The monoisotopic (exact) mass is 211 g/mol. The molecule has 1 aromatic carbocycles. The number of non-ortho nitro benzene ring substituents is 1. The fourth-order valence-electron chi connectivity index (χ4n) is 1.28. The molecular weight excluding hydrogens is 198 g/mol. The Bertz CT molecular complexity index is 407. The number of nitro benzene ring substituents is 1. The molecule has 2 N–H and O–H groups in total. The molecule has 0 radical (unpaired) electrons. The van der Waals surface area contributed by atoms with Crippen molar-refractivity contribution in [1.82, 2.24) is 0 Å². The van der Waals surface area contributed by atoms with E-state index in [-0.39, 0.29) is 11.4 Å². The van der Waals surface area contributed by atoms with E-state index in [9.17, 15) is 20.3 Å². The van der Waals surface area contributed by atoms with Crippen molar-refractivity contribution in [3.63, 3.8) is 0 Å². The minimum absolute atomic E-state index is 0.227. The first-order valence-electron chi connectivity index (χ1n) is 4.44. The van der Waals surface area contributed by atoms with Crippen LogP contribution in [0.25, 0.3) is 0 Å². The third-order valence-electron chi connectivity index (χ3n) is 2.09. The predicted molar refractivity (Wildman–Crippen MR) is 55.1 cm³/mol. The summed E-state index contributed by atoms with van der Waals surface area (Å²) in [5, 5.41) is 29.5. The summed E-state index contributed by atoms with van der Waals surface area (Å²) in [6, 6.07) is 2.21. The van der Waals surface area contributed by atoms with Gasteiger partial charge in [0.25, 0.3) is 5.69 Å². The van der Waals surface area contributed by atoms with Gasteiger partial charge in [-0.25, -0.2) is 0 Å². The molecule has 15 heavy (non-hydrogen) atoms. The molecule has 0 saturated carbocycles. The van der Waals surface area contributed by atoms with E-state index >= 15 is 0 Å². The normalized spacial score (nSPS) is 11.4. The minimum Gasteiger partial charge on any atom is -0.504 e. The zero-order chi connectivity index (χ0) is 11.8. The molecule has 0 amide bonds. The van der Waals surface area contributed by atoms with Gasteiger partial charge in [-0.2, -0.15) is 0 Å². The number of phenols is 2. The Labute approximate surface area is 87.1 Å². The number of rotatable bonds is 1. The van der Waals surface area contributed by atoms with E-state index in [0.717, 1.165) is 6.07 Å². The minimum atomic E-state index is -0.603. The average Bonchev–Trinajstić information content (AvgIpc) is 2.06. The number of aromatic hydroxyl groups is 2. The van der Waals surface area contributed by atoms with Crippen LogP contribution in [0, 0.1) is 10.1 Å². The molecule has 5 nitrogen and oxygen atoms in total. The largest absolute Gasteiger partial charge is 0.504 e. The highest BCUT2D eigenvalue weighted by atomic mass is 16.6. The van der Waals surface area contributed by atoms with Gasteiger partial charge in [0, 0.05) is 11.6 Å². The Balaban J connectivity index is 3.45. The molecule has 1 aromatic rings. The lowest BCUT2D eigenvalue weighted by atomic mass is 9.86. The van der Waals surface area contributed by atoms with E-state index in [4.69, 9.17) is 0 Å². The van der Waals surface area contributed by atoms with Gasteiger partial charge in [0.2, 0.25) is 0 Å². The highest BCUT2D eigenvalue weighted by Crippen LogP contribution is 2.39. The summed E-state index contributed by atoms with van der Waals surface area (Å²) in [5.74, 6) is -0.762. The fraction of sp³-hybridized carbons (Fsp3) is 0.400. The predicted octanol–water partition coefficient (Wildman–Crippen LogP) is 2.30. The molecule has 0 fully saturated rings. The van der Waals surface area contributed by atoms with Crippen LogP contribution in [0.5, 0.6) is 11.5 Å². The first-order chi connectivity index (χ1) is 6.73. The quantitative estimate of drug-likeness (QED) is 0.424. The Morgan fingerprint density at radius 3 is 2.20 bits per heavy atom. The molecule has 0 spiro atoms.